The third-order valence-corrected chi connectivity index (χ3v) is 8.42. The van der Waals surface area contributed by atoms with Crippen molar-refractivity contribution >= 4 is 11.6 Å². The van der Waals surface area contributed by atoms with Gasteiger partial charge in [0.2, 0.25) is 5.91 Å². The first kappa shape index (κ1) is 21.5. The fraction of sp³-hybridized carbons (Fsp3) is 0.536. The summed E-state index contributed by atoms with van der Waals surface area (Å²) in [5, 5.41) is 0. The van der Waals surface area contributed by atoms with Gasteiger partial charge in [-0.15, -0.1) is 0 Å². The lowest BCUT2D eigenvalue weighted by molar-refractivity contribution is -0.0227. The number of benzene rings is 2. The molecule has 2 saturated heterocycles. The molecule has 2 N–H and O–H groups in total. The van der Waals surface area contributed by atoms with E-state index in [2.05, 4.69) is 47.9 Å². The van der Waals surface area contributed by atoms with Gasteiger partial charge in [-0.05, 0) is 91.8 Å². The zero-order chi connectivity index (χ0) is 22.3. The van der Waals surface area contributed by atoms with Gasteiger partial charge in [-0.1, -0.05) is 38.1 Å². The standard InChI is InChI=1S/C28H37N3O/c1-20(2)24-6-3-4-7-25(24)26-8-5-15-31(26)23-18-28(19-23)13-16-30(17-14-28)22-11-9-21(10-12-22)27(29)32/h3-4,6-7,9-12,20,23,26H,5,8,13-19H2,1-2H3,(H2,29,32)/t26-/m0/s1. The number of likely N-dealkylation sites (tertiary alicyclic amines) is 1. The number of hydrogen-bond donors (Lipinski definition) is 1. The van der Waals surface area contributed by atoms with Gasteiger partial charge in [-0.3, -0.25) is 9.69 Å². The molecular formula is C28H37N3O. The summed E-state index contributed by atoms with van der Waals surface area (Å²) in [7, 11) is 0. The molecular weight excluding hydrogens is 394 g/mol. The van der Waals surface area contributed by atoms with Gasteiger partial charge in [0.15, 0.2) is 0 Å². The number of carbonyl (C=O) groups excluding carboxylic acids is 1. The molecule has 2 aliphatic heterocycles. The maximum atomic E-state index is 11.3. The predicted octanol–water partition coefficient (Wildman–Crippen LogP) is 5.50. The number of amides is 1. The third kappa shape index (κ3) is 3.94. The zero-order valence-electron chi connectivity index (χ0n) is 19.6. The van der Waals surface area contributed by atoms with Crippen LogP contribution in [-0.2, 0) is 0 Å². The van der Waals surface area contributed by atoms with Gasteiger partial charge in [-0.25, -0.2) is 0 Å². The van der Waals surface area contributed by atoms with Crippen molar-refractivity contribution in [3.05, 3.63) is 65.2 Å². The Morgan fingerprint density at radius 2 is 1.69 bits per heavy atom. The quantitative estimate of drug-likeness (QED) is 0.680. The van der Waals surface area contributed by atoms with E-state index >= 15 is 0 Å². The summed E-state index contributed by atoms with van der Waals surface area (Å²) in [6.45, 7) is 8.14. The van der Waals surface area contributed by atoms with E-state index in [1.807, 2.05) is 24.3 Å². The molecule has 1 aliphatic carbocycles. The molecule has 3 aliphatic rings. The van der Waals surface area contributed by atoms with E-state index in [1.54, 1.807) is 5.56 Å². The van der Waals surface area contributed by atoms with Crippen LogP contribution in [0, 0.1) is 5.41 Å². The molecule has 0 bridgehead atoms. The zero-order valence-corrected chi connectivity index (χ0v) is 19.6. The molecule has 2 heterocycles. The van der Waals surface area contributed by atoms with Crippen molar-refractivity contribution in [1.82, 2.24) is 4.90 Å². The van der Waals surface area contributed by atoms with Crippen molar-refractivity contribution in [3.63, 3.8) is 0 Å². The molecule has 1 amide bonds. The van der Waals surface area contributed by atoms with Gasteiger partial charge in [0.25, 0.3) is 0 Å². The molecule has 0 radical (unpaired) electrons. The Morgan fingerprint density at radius 3 is 2.34 bits per heavy atom. The summed E-state index contributed by atoms with van der Waals surface area (Å²) < 4.78 is 0. The molecule has 32 heavy (non-hydrogen) atoms. The summed E-state index contributed by atoms with van der Waals surface area (Å²) in [5.41, 5.74) is 10.8. The Morgan fingerprint density at radius 1 is 1.00 bits per heavy atom. The van der Waals surface area contributed by atoms with E-state index in [4.69, 9.17) is 5.73 Å². The van der Waals surface area contributed by atoms with Crippen LogP contribution in [0.15, 0.2) is 48.5 Å². The summed E-state index contributed by atoms with van der Waals surface area (Å²) >= 11 is 0. The molecule has 0 aromatic heterocycles. The maximum Gasteiger partial charge on any atom is 0.248 e. The van der Waals surface area contributed by atoms with Gasteiger partial charge in [0.05, 0.1) is 0 Å². The van der Waals surface area contributed by atoms with Crippen LogP contribution in [0.2, 0.25) is 0 Å². The Balaban J connectivity index is 1.20. The topological polar surface area (TPSA) is 49.6 Å². The van der Waals surface area contributed by atoms with Crippen LogP contribution in [-0.4, -0.2) is 36.5 Å². The lowest BCUT2D eigenvalue weighted by Crippen LogP contribution is -2.54. The van der Waals surface area contributed by atoms with Crippen LogP contribution >= 0.6 is 0 Å². The minimum atomic E-state index is -0.356. The summed E-state index contributed by atoms with van der Waals surface area (Å²) in [4.78, 5) is 16.7. The number of rotatable bonds is 5. The van der Waals surface area contributed by atoms with Crippen LogP contribution < -0.4 is 10.6 Å². The fourth-order valence-corrected chi connectivity index (χ4v) is 6.56. The Kier molecular flexibility index (Phi) is 5.75. The van der Waals surface area contributed by atoms with E-state index in [1.165, 1.54) is 56.3 Å². The van der Waals surface area contributed by atoms with Crippen molar-refractivity contribution < 1.29 is 4.79 Å². The Labute approximate surface area is 192 Å². The Bertz CT molecular complexity index is 951. The van der Waals surface area contributed by atoms with Crippen LogP contribution in [0.4, 0.5) is 5.69 Å². The van der Waals surface area contributed by atoms with Gasteiger partial charge >= 0.3 is 0 Å². The molecule has 4 nitrogen and oxygen atoms in total. The Hall–Kier alpha value is -2.33. The smallest absolute Gasteiger partial charge is 0.248 e. The number of anilines is 1. The SMILES string of the molecule is CC(C)c1ccccc1[C@@H]1CCCN1C1CC2(CCN(c3ccc(C(N)=O)cc3)CC2)C1. The number of nitrogens with zero attached hydrogens (tertiary/aromatic N) is 2. The summed E-state index contributed by atoms with van der Waals surface area (Å²) in [6.07, 6.45) is 7.92. The minimum Gasteiger partial charge on any atom is -0.371 e. The van der Waals surface area contributed by atoms with Gasteiger partial charge < -0.3 is 10.6 Å². The normalized spacial score (nSPS) is 23.6. The minimum absolute atomic E-state index is 0.356. The second kappa shape index (κ2) is 8.55. The molecule has 1 spiro atoms. The second-order valence-electron chi connectivity index (χ2n) is 10.6. The van der Waals surface area contributed by atoms with Crippen molar-refractivity contribution in [2.45, 2.75) is 70.4 Å². The lowest BCUT2D eigenvalue weighted by atomic mass is 9.59. The molecule has 2 aromatic carbocycles. The average molecular weight is 432 g/mol. The van der Waals surface area contributed by atoms with E-state index < -0.39 is 0 Å². The van der Waals surface area contributed by atoms with Crippen molar-refractivity contribution in [2.75, 3.05) is 24.5 Å². The number of primary amides is 1. The van der Waals surface area contributed by atoms with Crippen LogP contribution in [0.25, 0.3) is 0 Å². The molecule has 170 valence electrons. The van der Waals surface area contributed by atoms with Crippen molar-refractivity contribution in [1.29, 1.82) is 0 Å². The molecule has 1 atom stereocenters. The van der Waals surface area contributed by atoms with Crippen molar-refractivity contribution in [3.8, 4) is 0 Å². The van der Waals surface area contributed by atoms with Crippen LogP contribution in [0.5, 0.6) is 0 Å². The van der Waals surface area contributed by atoms with Gasteiger partial charge in [0.1, 0.15) is 0 Å². The first-order valence-electron chi connectivity index (χ1n) is 12.5. The van der Waals surface area contributed by atoms with E-state index in [0.717, 1.165) is 19.1 Å². The predicted molar refractivity (Wildman–Crippen MR) is 131 cm³/mol. The van der Waals surface area contributed by atoms with Crippen LogP contribution in [0.3, 0.4) is 0 Å². The number of carbonyl (C=O) groups is 1. The van der Waals surface area contributed by atoms with Gasteiger partial charge in [0, 0.05) is 36.4 Å². The van der Waals surface area contributed by atoms with E-state index in [9.17, 15) is 4.79 Å². The largest absolute Gasteiger partial charge is 0.371 e. The lowest BCUT2D eigenvalue weighted by Gasteiger charge is -2.56. The van der Waals surface area contributed by atoms with Gasteiger partial charge in [-0.2, -0.15) is 0 Å². The number of nitrogens with two attached hydrogens (primary N) is 1. The highest BCUT2D eigenvalue weighted by molar-refractivity contribution is 5.93. The average Bonchev–Trinajstić information content (AvgIpc) is 3.27. The molecule has 3 fully saturated rings. The summed E-state index contributed by atoms with van der Waals surface area (Å²) in [5.74, 6) is 0.230. The molecule has 5 rings (SSSR count). The highest BCUT2D eigenvalue weighted by Crippen LogP contribution is 2.54. The fourth-order valence-electron chi connectivity index (χ4n) is 6.56. The monoisotopic (exact) mass is 431 g/mol. The second-order valence-corrected chi connectivity index (χ2v) is 10.6. The van der Waals surface area contributed by atoms with Crippen LogP contribution in [0.1, 0.15) is 85.8 Å². The maximum absolute atomic E-state index is 11.3. The third-order valence-electron chi connectivity index (χ3n) is 8.42. The molecule has 2 aromatic rings. The highest BCUT2D eigenvalue weighted by atomic mass is 16.1. The number of piperidine rings is 1. The van der Waals surface area contributed by atoms with Crippen molar-refractivity contribution in [2.24, 2.45) is 11.1 Å². The first-order valence-corrected chi connectivity index (χ1v) is 12.5. The van der Waals surface area contributed by atoms with E-state index in [0.29, 0.717) is 22.9 Å². The molecule has 4 heteroatoms. The highest BCUT2D eigenvalue weighted by Gasteiger charge is 2.49. The summed E-state index contributed by atoms with van der Waals surface area (Å²) in [6, 6.07) is 18.3. The number of hydrogen-bond acceptors (Lipinski definition) is 3. The van der Waals surface area contributed by atoms with E-state index in [-0.39, 0.29) is 5.91 Å². The molecule has 0 unspecified atom stereocenters. The molecule has 1 saturated carbocycles. The first-order chi connectivity index (χ1) is 15.5.